The molecule has 0 aliphatic carbocycles. The lowest BCUT2D eigenvalue weighted by atomic mass is 10.2. The first-order chi connectivity index (χ1) is 11.0. The number of aryl methyl sites for hydroxylation is 1. The highest BCUT2D eigenvalue weighted by Gasteiger charge is 2.16. The van der Waals surface area contributed by atoms with Crippen LogP contribution in [0.1, 0.15) is 5.56 Å². The van der Waals surface area contributed by atoms with Gasteiger partial charge in [0.2, 0.25) is 0 Å². The summed E-state index contributed by atoms with van der Waals surface area (Å²) in [4.78, 5) is 20.7. The van der Waals surface area contributed by atoms with Gasteiger partial charge in [-0.3, -0.25) is 20.2 Å². The van der Waals surface area contributed by atoms with Crippen LogP contribution in [0.15, 0.2) is 42.5 Å². The molecule has 0 aromatic heterocycles. The van der Waals surface area contributed by atoms with Gasteiger partial charge in [0.25, 0.3) is 0 Å². The van der Waals surface area contributed by atoms with Crippen molar-refractivity contribution in [2.24, 2.45) is 0 Å². The molecular formula is C15H14N2O6. The van der Waals surface area contributed by atoms with Crippen molar-refractivity contribution in [3.63, 3.8) is 0 Å². The highest BCUT2D eigenvalue weighted by Crippen LogP contribution is 2.28. The lowest BCUT2D eigenvalue weighted by Crippen LogP contribution is -2.10. The van der Waals surface area contributed by atoms with E-state index >= 15 is 0 Å². The number of ether oxygens (including phenoxy) is 2. The molecule has 0 unspecified atom stereocenters. The Balaban J connectivity index is 1.98. The molecule has 0 atom stereocenters. The second-order valence-electron chi connectivity index (χ2n) is 4.65. The fraction of sp³-hybridized carbons (Fsp3) is 0.200. The largest absolute Gasteiger partial charge is 0.483 e. The van der Waals surface area contributed by atoms with E-state index < -0.39 is 9.85 Å². The third-order valence-electron chi connectivity index (χ3n) is 2.97. The van der Waals surface area contributed by atoms with Crippen LogP contribution in [0, 0.1) is 27.2 Å². The third kappa shape index (κ3) is 4.16. The van der Waals surface area contributed by atoms with Crippen molar-refractivity contribution < 1.29 is 19.3 Å². The van der Waals surface area contributed by atoms with Crippen LogP contribution in [0.25, 0.3) is 0 Å². The van der Waals surface area contributed by atoms with Crippen molar-refractivity contribution >= 4 is 11.4 Å². The molecule has 0 spiro atoms. The van der Waals surface area contributed by atoms with E-state index in [0.717, 1.165) is 5.56 Å². The van der Waals surface area contributed by atoms with Crippen molar-refractivity contribution in [2.75, 3.05) is 13.2 Å². The third-order valence-corrected chi connectivity index (χ3v) is 2.97. The van der Waals surface area contributed by atoms with Crippen LogP contribution >= 0.6 is 0 Å². The summed E-state index contributed by atoms with van der Waals surface area (Å²) in [6.45, 7) is 1.84. The zero-order valence-corrected chi connectivity index (χ0v) is 12.3. The van der Waals surface area contributed by atoms with E-state index in [1.54, 1.807) is 25.1 Å². The Labute approximate surface area is 131 Å². The van der Waals surface area contributed by atoms with Gasteiger partial charge in [0.15, 0.2) is 11.5 Å². The molecule has 0 N–H and O–H groups in total. The van der Waals surface area contributed by atoms with Gasteiger partial charge in [0.1, 0.15) is 13.2 Å². The Morgan fingerprint density at radius 2 is 1.43 bits per heavy atom. The monoisotopic (exact) mass is 318 g/mol. The van der Waals surface area contributed by atoms with E-state index in [9.17, 15) is 20.2 Å². The number of hydrogen-bond acceptors (Lipinski definition) is 6. The van der Waals surface area contributed by atoms with Gasteiger partial charge < -0.3 is 9.47 Å². The number of benzene rings is 2. The molecule has 0 amide bonds. The van der Waals surface area contributed by atoms with Crippen LogP contribution < -0.4 is 9.47 Å². The molecule has 2 rings (SSSR count). The second kappa shape index (κ2) is 7.21. The molecule has 8 heteroatoms. The van der Waals surface area contributed by atoms with Gasteiger partial charge in [0, 0.05) is 12.1 Å². The van der Waals surface area contributed by atoms with Gasteiger partial charge in [0.05, 0.1) is 9.85 Å². The molecule has 0 saturated heterocycles. The number of nitro benzene ring substituents is 2. The lowest BCUT2D eigenvalue weighted by molar-refractivity contribution is -0.386. The Morgan fingerprint density at radius 1 is 0.870 bits per heavy atom. The van der Waals surface area contributed by atoms with Gasteiger partial charge in [-0.2, -0.15) is 0 Å². The summed E-state index contributed by atoms with van der Waals surface area (Å²) in [5.41, 5.74) is 0.542. The minimum atomic E-state index is -0.540. The molecule has 120 valence electrons. The SMILES string of the molecule is Cc1ccc([N+](=O)[O-])c(OCCOc2ccccc2[N+](=O)[O-])c1. The molecule has 0 bridgehead atoms. The molecule has 8 nitrogen and oxygen atoms in total. The predicted octanol–water partition coefficient (Wildman–Crippen LogP) is 3.27. The van der Waals surface area contributed by atoms with Crippen molar-refractivity contribution in [1.82, 2.24) is 0 Å². The van der Waals surface area contributed by atoms with Crippen LogP contribution in [-0.4, -0.2) is 23.1 Å². The van der Waals surface area contributed by atoms with Crippen molar-refractivity contribution in [1.29, 1.82) is 0 Å². The fourth-order valence-corrected chi connectivity index (χ4v) is 1.92. The topological polar surface area (TPSA) is 105 Å². The molecule has 0 aliphatic rings. The van der Waals surface area contributed by atoms with Gasteiger partial charge in [-0.25, -0.2) is 0 Å². The number of nitro groups is 2. The number of para-hydroxylation sites is 2. The average Bonchev–Trinajstić information content (AvgIpc) is 2.51. The standard InChI is InChI=1S/C15H14N2O6/c1-11-6-7-13(17(20)21)15(10-11)23-9-8-22-14-5-3-2-4-12(14)16(18)19/h2-7,10H,8-9H2,1H3. The van der Waals surface area contributed by atoms with Crippen LogP contribution in [0.3, 0.4) is 0 Å². The summed E-state index contributed by atoms with van der Waals surface area (Å²) >= 11 is 0. The normalized spacial score (nSPS) is 10.1. The molecule has 2 aromatic rings. The molecule has 2 aromatic carbocycles. The van der Waals surface area contributed by atoms with Gasteiger partial charge in [-0.1, -0.05) is 18.2 Å². The zero-order valence-electron chi connectivity index (χ0n) is 12.3. The maximum Gasteiger partial charge on any atom is 0.310 e. The fourth-order valence-electron chi connectivity index (χ4n) is 1.92. The zero-order chi connectivity index (χ0) is 16.8. The smallest absolute Gasteiger partial charge is 0.310 e. The molecular weight excluding hydrogens is 304 g/mol. The summed E-state index contributed by atoms with van der Waals surface area (Å²) in [6.07, 6.45) is 0. The van der Waals surface area contributed by atoms with E-state index in [1.165, 1.54) is 24.3 Å². The first kappa shape index (κ1) is 16.2. The maximum absolute atomic E-state index is 10.9. The molecule has 0 aliphatic heterocycles. The lowest BCUT2D eigenvalue weighted by Gasteiger charge is -2.09. The molecule has 0 heterocycles. The minimum absolute atomic E-state index is 0.0238. The van der Waals surface area contributed by atoms with Crippen molar-refractivity contribution in [3.8, 4) is 11.5 Å². The van der Waals surface area contributed by atoms with Crippen LogP contribution in [0.5, 0.6) is 11.5 Å². The summed E-state index contributed by atoms with van der Waals surface area (Å²) in [5.74, 6) is 0.265. The highest BCUT2D eigenvalue weighted by atomic mass is 16.6. The first-order valence-corrected chi connectivity index (χ1v) is 6.73. The summed E-state index contributed by atoms with van der Waals surface area (Å²) in [7, 11) is 0. The van der Waals surface area contributed by atoms with E-state index in [4.69, 9.17) is 9.47 Å². The Hall–Kier alpha value is -3.16. The van der Waals surface area contributed by atoms with Crippen LogP contribution in [-0.2, 0) is 0 Å². The van der Waals surface area contributed by atoms with E-state index in [1.807, 2.05) is 0 Å². The predicted molar refractivity (Wildman–Crippen MR) is 81.9 cm³/mol. The van der Waals surface area contributed by atoms with Crippen LogP contribution in [0.4, 0.5) is 11.4 Å². The minimum Gasteiger partial charge on any atom is -0.483 e. The molecule has 0 saturated carbocycles. The molecule has 0 fully saturated rings. The summed E-state index contributed by atoms with van der Waals surface area (Å²) in [6, 6.07) is 10.5. The van der Waals surface area contributed by atoms with Gasteiger partial charge in [-0.15, -0.1) is 0 Å². The van der Waals surface area contributed by atoms with Gasteiger partial charge >= 0.3 is 11.4 Å². The maximum atomic E-state index is 10.9. The molecule has 23 heavy (non-hydrogen) atoms. The number of rotatable bonds is 7. The Kier molecular flexibility index (Phi) is 5.08. The van der Waals surface area contributed by atoms with Crippen molar-refractivity contribution in [2.45, 2.75) is 6.92 Å². The van der Waals surface area contributed by atoms with Crippen LogP contribution in [0.2, 0.25) is 0 Å². The second-order valence-corrected chi connectivity index (χ2v) is 4.65. The average molecular weight is 318 g/mol. The number of nitrogens with zero attached hydrogens (tertiary/aromatic N) is 2. The quantitative estimate of drug-likeness (QED) is 0.441. The van der Waals surface area contributed by atoms with E-state index in [0.29, 0.717) is 0 Å². The highest BCUT2D eigenvalue weighted by molar-refractivity contribution is 5.48. The summed E-state index contributed by atoms with van der Waals surface area (Å²) < 4.78 is 10.7. The summed E-state index contributed by atoms with van der Waals surface area (Å²) in [5, 5.41) is 21.8. The van der Waals surface area contributed by atoms with Crippen molar-refractivity contribution in [3.05, 3.63) is 68.3 Å². The number of hydrogen-bond donors (Lipinski definition) is 0. The Bertz CT molecular complexity index is 732. The first-order valence-electron chi connectivity index (χ1n) is 6.73. The van der Waals surface area contributed by atoms with E-state index in [-0.39, 0.29) is 36.1 Å². The Morgan fingerprint density at radius 3 is 2.09 bits per heavy atom. The molecule has 0 radical (unpaired) electrons. The van der Waals surface area contributed by atoms with E-state index in [2.05, 4.69) is 0 Å². The van der Waals surface area contributed by atoms with Gasteiger partial charge in [-0.05, 0) is 24.6 Å².